The number of rotatable bonds is 7. The van der Waals surface area contributed by atoms with Gasteiger partial charge in [0.15, 0.2) is 6.61 Å². The topological polar surface area (TPSA) is 96.5 Å². The van der Waals surface area contributed by atoms with Gasteiger partial charge in [-0.15, -0.1) is 0 Å². The van der Waals surface area contributed by atoms with Gasteiger partial charge in [-0.05, 0) is 57.4 Å². The van der Waals surface area contributed by atoms with Gasteiger partial charge in [-0.2, -0.15) is 0 Å². The minimum Gasteiger partial charge on any atom is -0.483 e. The molecule has 32 heavy (non-hydrogen) atoms. The van der Waals surface area contributed by atoms with Gasteiger partial charge in [0.25, 0.3) is 5.91 Å². The summed E-state index contributed by atoms with van der Waals surface area (Å²) < 4.78 is 6.28. The highest BCUT2D eigenvalue weighted by Gasteiger charge is 2.12. The van der Waals surface area contributed by atoms with Gasteiger partial charge in [0.1, 0.15) is 5.75 Å². The maximum absolute atomic E-state index is 12.1. The molecule has 0 atom stereocenters. The molecule has 3 rings (SSSR count). The second-order valence-electron chi connectivity index (χ2n) is 6.94. The average molecular weight is 519 g/mol. The largest absolute Gasteiger partial charge is 0.483 e. The van der Waals surface area contributed by atoms with E-state index < -0.39 is 11.8 Å². The van der Waals surface area contributed by atoms with Crippen LogP contribution >= 0.6 is 27.5 Å². The predicted molar refractivity (Wildman–Crippen MR) is 127 cm³/mol. The first-order chi connectivity index (χ1) is 15.3. The number of hydrogen-bond donors (Lipinski definition) is 3. The Balaban J connectivity index is 1.40. The zero-order valence-corrected chi connectivity index (χ0v) is 19.5. The van der Waals surface area contributed by atoms with Crippen molar-refractivity contribution in [3.63, 3.8) is 0 Å². The molecule has 0 bridgehead atoms. The smallest absolute Gasteiger partial charge is 0.276 e. The Hall–Kier alpha value is -3.10. The van der Waals surface area contributed by atoms with Crippen LogP contribution in [0.4, 0.5) is 5.69 Å². The number of hydrogen-bond acceptors (Lipinski definition) is 4. The highest BCUT2D eigenvalue weighted by Crippen LogP contribution is 2.32. The highest BCUT2D eigenvalue weighted by atomic mass is 79.9. The number of fused-ring (bicyclic) bond motifs is 1. The van der Waals surface area contributed by atoms with Crippen molar-refractivity contribution in [1.29, 1.82) is 0 Å². The third kappa shape index (κ3) is 6.21. The molecule has 3 aromatic rings. The quantitative estimate of drug-likeness (QED) is 0.401. The standard InChI is InChI=1S/C23H21BrClN3O4/c1-14-17(25)7-4-8-18(14)26-20(29)11-12-21(30)27-28-22(31)13-32-19-10-9-15-5-2-3-6-16(15)23(19)24/h2-10H,11-13H2,1H3,(H,26,29)(H,27,30)(H,28,31). The normalized spacial score (nSPS) is 10.5. The molecule has 0 aliphatic carbocycles. The molecule has 0 aromatic heterocycles. The molecular formula is C23H21BrClN3O4. The lowest BCUT2D eigenvalue weighted by Gasteiger charge is -2.11. The van der Waals surface area contributed by atoms with Gasteiger partial charge in [0.2, 0.25) is 11.8 Å². The van der Waals surface area contributed by atoms with Crippen molar-refractivity contribution >= 4 is 61.7 Å². The molecule has 0 saturated carbocycles. The zero-order valence-electron chi connectivity index (χ0n) is 17.2. The van der Waals surface area contributed by atoms with E-state index in [2.05, 4.69) is 32.1 Å². The number of benzene rings is 3. The number of ether oxygens (including phenoxy) is 1. The van der Waals surface area contributed by atoms with Crippen LogP contribution in [-0.4, -0.2) is 24.3 Å². The van der Waals surface area contributed by atoms with E-state index in [0.717, 1.165) is 20.8 Å². The summed E-state index contributed by atoms with van der Waals surface area (Å²) in [6.45, 7) is 1.50. The maximum Gasteiger partial charge on any atom is 0.276 e. The Kier molecular flexibility index (Phi) is 8.08. The second-order valence-corrected chi connectivity index (χ2v) is 8.14. The number of halogens is 2. The summed E-state index contributed by atoms with van der Waals surface area (Å²) in [5, 5.41) is 5.26. The van der Waals surface area contributed by atoms with Gasteiger partial charge in [-0.1, -0.05) is 48.0 Å². The Morgan fingerprint density at radius 1 is 0.906 bits per heavy atom. The van der Waals surface area contributed by atoms with E-state index in [4.69, 9.17) is 16.3 Å². The summed E-state index contributed by atoms with van der Waals surface area (Å²) in [4.78, 5) is 36.0. The van der Waals surface area contributed by atoms with Crippen molar-refractivity contribution in [1.82, 2.24) is 10.9 Å². The molecule has 3 amide bonds. The molecule has 7 nitrogen and oxygen atoms in total. The SMILES string of the molecule is Cc1c(Cl)cccc1NC(=O)CCC(=O)NNC(=O)COc1ccc2ccccc2c1Br. The molecule has 0 aliphatic rings. The van der Waals surface area contributed by atoms with Gasteiger partial charge in [-0.3, -0.25) is 25.2 Å². The number of nitrogens with one attached hydrogen (secondary N) is 3. The van der Waals surface area contributed by atoms with Crippen LogP contribution in [-0.2, 0) is 14.4 Å². The Labute approximate surface area is 198 Å². The maximum atomic E-state index is 12.1. The first kappa shape index (κ1) is 23.6. The number of hydrazine groups is 1. The second kappa shape index (κ2) is 11.0. The molecule has 0 fully saturated rings. The molecular weight excluding hydrogens is 498 g/mol. The summed E-state index contributed by atoms with van der Waals surface area (Å²) in [5.41, 5.74) is 5.88. The fourth-order valence-electron chi connectivity index (χ4n) is 2.89. The monoisotopic (exact) mass is 517 g/mol. The van der Waals surface area contributed by atoms with E-state index in [1.165, 1.54) is 0 Å². The molecule has 3 aromatic carbocycles. The van der Waals surface area contributed by atoms with Crippen molar-refractivity contribution < 1.29 is 19.1 Å². The number of anilines is 1. The lowest BCUT2D eigenvalue weighted by molar-refractivity contribution is -0.130. The molecule has 0 aliphatic heterocycles. The van der Waals surface area contributed by atoms with Crippen molar-refractivity contribution in [2.45, 2.75) is 19.8 Å². The Morgan fingerprint density at radius 2 is 1.62 bits per heavy atom. The molecule has 9 heteroatoms. The van der Waals surface area contributed by atoms with Gasteiger partial charge in [-0.25, -0.2) is 0 Å². The fourth-order valence-corrected chi connectivity index (χ4v) is 3.67. The molecule has 0 unspecified atom stereocenters. The van der Waals surface area contributed by atoms with Crippen LogP contribution in [0.25, 0.3) is 10.8 Å². The van der Waals surface area contributed by atoms with E-state index in [1.807, 2.05) is 30.3 Å². The lowest BCUT2D eigenvalue weighted by Crippen LogP contribution is -2.44. The van der Waals surface area contributed by atoms with Gasteiger partial charge in [0.05, 0.1) is 4.47 Å². The minimum absolute atomic E-state index is 0.0474. The Bertz CT molecular complexity index is 1170. The van der Waals surface area contributed by atoms with E-state index in [9.17, 15) is 14.4 Å². The van der Waals surface area contributed by atoms with Crippen molar-refractivity contribution in [2.24, 2.45) is 0 Å². The van der Waals surface area contributed by atoms with Crippen LogP contribution in [0.3, 0.4) is 0 Å². The van der Waals surface area contributed by atoms with E-state index in [-0.39, 0.29) is 25.4 Å². The summed E-state index contributed by atoms with van der Waals surface area (Å²) in [7, 11) is 0. The third-order valence-corrected chi connectivity index (χ3v) is 5.88. The van der Waals surface area contributed by atoms with Crippen LogP contribution in [0.15, 0.2) is 59.1 Å². The molecule has 0 radical (unpaired) electrons. The van der Waals surface area contributed by atoms with Crippen LogP contribution in [0, 0.1) is 6.92 Å². The molecule has 0 spiro atoms. The highest BCUT2D eigenvalue weighted by molar-refractivity contribution is 9.10. The molecule has 166 valence electrons. The molecule has 3 N–H and O–H groups in total. The van der Waals surface area contributed by atoms with Gasteiger partial charge < -0.3 is 10.1 Å². The van der Waals surface area contributed by atoms with Crippen LogP contribution < -0.4 is 20.9 Å². The number of carbonyl (C=O) groups excluding carboxylic acids is 3. The minimum atomic E-state index is -0.530. The van der Waals surface area contributed by atoms with E-state index in [0.29, 0.717) is 16.5 Å². The zero-order chi connectivity index (χ0) is 23.1. The van der Waals surface area contributed by atoms with Crippen molar-refractivity contribution in [2.75, 3.05) is 11.9 Å². The van der Waals surface area contributed by atoms with Crippen molar-refractivity contribution in [3.8, 4) is 5.75 Å². The first-order valence-corrected chi connectivity index (χ1v) is 10.9. The molecule has 0 saturated heterocycles. The van der Waals surface area contributed by atoms with E-state index in [1.54, 1.807) is 31.2 Å². The summed E-state index contributed by atoms with van der Waals surface area (Å²) in [5.74, 6) is -0.847. The van der Waals surface area contributed by atoms with Gasteiger partial charge in [0, 0.05) is 23.6 Å². The molecule has 0 heterocycles. The van der Waals surface area contributed by atoms with Crippen LogP contribution in [0.1, 0.15) is 18.4 Å². The summed E-state index contributed by atoms with van der Waals surface area (Å²) in [6, 6.07) is 16.6. The number of amides is 3. The van der Waals surface area contributed by atoms with Crippen LogP contribution in [0.2, 0.25) is 5.02 Å². The van der Waals surface area contributed by atoms with Gasteiger partial charge >= 0.3 is 0 Å². The summed E-state index contributed by atoms with van der Waals surface area (Å²) in [6.07, 6.45) is -0.142. The lowest BCUT2D eigenvalue weighted by atomic mass is 10.1. The Morgan fingerprint density at radius 3 is 2.44 bits per heavy atom. The van der Waals surface area contributed by atoms with Crippen LogP contribution in [0.5, 0.6) is 5.75 Å². The third-order valence-electron chi connectivity index (χ3n) is 4.65. The predicted octanol–water partition coefficient (Wildman–Crippen LogP) is 4.51. The fraction of sp³-hybridized carbons (Fsp3) is 0.174. The summed E-state index contributed by atoms with van der Waals surface area (Å²) >= 11 is 9.51. The number of carbonyl (C=O) groups is 3. The first-order valence-electron chi connectivity index (χ1n) is 9.78. The average Bonchev–Trinajstić information content (AvgIpc) is 2.79. The van der Waals surface area contributed by atoms with Crippen molar-refractivity contribution in [3.05, 3.63) is 69.7 Å². The van der Waals surface area contributed by atoms with E-state index >= 15 is 0 Å².